The highest BCUT2D eigenvalue weighted by Crippen LogP contribution is 2.45. The molecule has 0 radical (unpaired) electrons. The molecule has 0 atom stereocenters. The van der Waals surface area contributed by atoms with Gasteiger partial charge >= 0.3 is 0 Å². The first-order valence-electron chi connectivity index (χ1n) is 21.3. The number of benzene rings is 10. The lowest BCUT2D eigenvalue weighted by atomic mass is 9.98. The maximum atomic E-state index is 2.50. The number of fused-ring (bicyclic) bond motifs is 10. The molecule has 4 heteroatoms. The lowest BCUT2D eigenvalue weighted by Gasteiger charge is -2.23. The predicted molar refractivity (Wildman–Crippen MR) is 264 cm³/mol. The Balaban J connectivity index is 0.969. The van der Waals surface area contributed by atoms with Crippen molar-refractivity contribution < 1.29 is 0 Å². The van der Waals surface area contributed by atoms with E-state index in [0.717, 1.165) is 5.69 Å². The summed E-state index contributed by atoms with van der Waals surface area (Å²) in [6.45, 7) is 0. The maximum Gasteiger partial charge on any atom is 0.0713 e. The zero-order valence-corrected chi connectivity index (χ0v) is 34.3. The number of aromatic nitrogens is 3. The largest absolute Gasteiger partial charge is 0.309 e. The van der Waals surface area contributed by atoms with Crippen molar-refractivity contribution in [1.82, 2.24) is 13.7 Å². The molecule has 2 aliphatic rings. The molecule has 0 unspecified atom stereocenters. The van der Waals surface area contributed by atoms with Crippen LogP contribution in [0.15, 0.2) is 212 Å². The number of pyridine rings is 1. The van der Waals surface area contributed by atoms with Gasteiger partial charge in [0, 0.05) is 43.7 Å². The third-order valence-corrected chi connectivity index (χ3v) is 14.3. The molecule has 0 fully saturated rings. The first-order valence-corrected chi connectivity index (χ1v) is 22.1. The van der Waals surface area contributed by atoms with Gasteiger partial charge in [0.1, 0.15) is 0 Å². The van der Waals surface area contributed by atoms with Gasteiger partial charge in [-0.2, -0.15) is 0 Å². The molecule has 0 aliphatic carbocycles. The number of hydrogen-bond acceptors (Lipinski definition) is 1. The Hall–Kier alpha value is -7.92. The molecule has 0 spiro atoms. The molecule has 0 amide bonds. The van der Waals surface area contributed by atoms with Crippen molar-refractivity contribution in [3.63, 3.8) is 0 Å². The number of rotatable bonds is 4. The van der Waals surface area contributed by atoms with Gasteiger partial charge in [-0.3, -0.25) is 0 Å². The van der Waals surface area contributed by atoms with Crippen molar-refractivity contribution in [3.8, 4) is 39.3 Å². The zero-order chi connectivity index (χ0) is 40.5. The van der Waals surface area contributed by atoms with Crippen molar-refractivity contribution in [2.45, 2.75) is 0 Å². The maximum absolute atomic E-state index is 2.50. The predicted octanol–water partition coefficient (Wildman–Crippen LogP) is 16.1. The van der Waals surface area contributed by atoms with E-state index in [1.807, 2.05) is 11.3 Å². The molecule has 2 aromatic heterocycles. The monoisotopic (exact) mass is 805 g/mol. The van der Waals surface area contributed by atoms with Crippen molar-refractivity contribution >= 4 is 96.9 Å². The van der Waals surface area contributed by atoms with Crippen LogP contribution in [0.2, 0.25) is 0 Å². The molecule has 12 aromatic rings. The van der Waals surface area contributed by atoms with Crippen molar-refractivity contribution in [2.75, 3.05) is 0 Å². The van der Waals surface area contributed by atoms with Gasteiger partial charge in [-0.15, -0.1) is 11.3 Å². The van der Waals surface area contributed by atoms with Gasteiger partial charge in [-0.25, -0.2) is 0 Å². The van der Waals surface area contributed by atoms with Gasteiger partial charge in [0.05, 0.1) is 48.2 Å². The summed E-state index contributed by atoms with van der Waals surface area (Å²) in [4.78, 5) is 0. The summed E-state index contributed by atoms with van der Waals surface area (Å²) in [5.74, 6) is 0. The normalized spacial score (nSPS) is 12.2. The average molecular weight is 806 g/mol. The number of nitrogens with zero attached hydrogens (tertiary/aromatic N) is 3. The van der Waals surface area contributed by atoms with E-state index in [9.17, 15) is 0 Å². The molecule has 10 aromatic carbocycles. The molecule has 0 saturated carbocycles. The summed E-state index contributed by atoms with van der Waals surface area (Å²) in [7, 11) is 0. The van der Waals surface area contributed by atoms with Crippen LogP contribution in [0, 0.1) is 0 Å². The Labute approximate surface area is 360 Å². The molecule has 0 saturated heterocycles. The SMILES string of the molecule is c1ccc(-n2c3ccccc3c3cc(-c4ccc5c(c4)c4cc(-c6ccc7c(c6)sc6cccc8c6-n7c6cccc7cccc8c76)ccc4n5-c4ccccc4)ccc32)cc1. The van der Waals surface area contributed by atoms with E-state index in [-0.39, 0.29) is 0 Å². The Morgan fingerprint density at radius 3 is 1.39 bits per heavy atom. The average Bonchev–Trinajstić information content (AvgIpc) is 3.85. The lowest BCUT2D eigenvalue weighted by molar-refractivity contribution is 1.18. The molecule has 62 heavy (non-hydrogen) atoms. The summed E-state index contributed by atoms with van der Waals surface area (Å²) in [5.41, 5.74) is 15.7. The van der Waals surface area contributed by atoms with Gasteiger partial charge in [-0.05, 0) is 124 Å². The third kappa shape index (κ3) is 4.75. The second-order valence-electron chi connectivity index (χ2n) is 16.5. The smallest absolute Gasteiger partial charge is 0.0713 e. The van der Waals surface area contributed by atoms with Crippen LogP contribution in [0.1, 0.15) is 0 Å². The van der Waals surface area contributed by atoms with Gasteiger partial charge in [-0.1, -0.05) is 121 Å². The summed E-state index contributed by atoms with van der Waals surface area (Å²) in [6.07, 6.45) is 0. The molecular formula is C58H35N3S. The van der Waals surface area contributed by atoms with E-state index < -0.39 is 0 Å². The van der Waals surface area contributed by atoms with Crippen LogP contribution in [0.5, 0.6) is 0 Å². The van der Waals surface area contributed by atoms with Gasteiger partial charge in [0.25, 0.3) is 0 Å². The first kappa shape index (κ1) is 33.9. The summed E-state index contributed by atoms with van der Waals surface area (Å²) >= 11 is 1.88. The summed E-state index contributed by atoms with van der Waals surface area (Å²) in [6, 6.07) is 78.5. The highest BCUT2D eigenvalue weighted by molar-refractivity contribution is 7.24. The molecule has 2 aliphatic heterocycles. The van der Waals surface area contributed by atoms with Gasteiger partial charge in [0.15, 0.2) is 0 Å². The molecule has 3 nitrogen and oxygen atoms in total. The highest BCUT2D eigenvalue weighted by Gasteiger charge is 2.21. The van der Waals surface area contributed by atoms with Crippen LogP contribution in [0.3, 0.4) is 0 Å². The molecule has 4 heterocycles. The van der Waals surface area contributed by atoms with Gasteiger partial charge < -0.3 is 13.7 Å². The third-order valence-electron chi connectivity index (χ3n) is 13.2. The lowest BCUT2D eigenvalue weighted by Crippen LogP contribution is -2.04. The van der Waals surface area contributed by atoms with E-state index in [2.05, 4.69) is 226 Å². The minimum absolute atomic E-state index is 1.16. The Morgan fingerprint density at radius 2 is 0.742 bits per heavy atom. The Bertz CT molecular complexity index is 4080. The summed E-state index contributed by atoms with van der Waals surface area (Å²) < 4.78 is 9.86. The molecule has 288 valence electrons. The minimum Gasteiger partial charge on any atom is -0.309 e. The second kappa shape index (κ2) is 12.8. The van der Waals surface area contributed by atoms with Crippen molar-refractivity contribution in [1.29, 1.82) is 0 Å². The Morgan fingerprint density at radius 1 is 0.274 bits per heavy atom. The van der Waals surface area contributed by atoms with Crippen LogP contribution in [-0.2, 0) is 0 Å². The number of para-hydroxylation sites is 4. The van der Waals surface area contributed by atoms with Crippen molar-refractivity contribution in [3.05, 3.63) is 212 Å². The topological polar surface area (TPSA) is 14.8 Å². The fourth-order valence-corrected chi connectivity index (χ4v) is 11.6. The van der Waals surface area contributed by atoms with Crippen LogP contribution >= 0.6 is 11.3 Å². The fraction of sp³-hybridized carbons (Fsp3) is 0. The quantitative estimate of drug-likeness (QED) is 0.124. The van der Waals surface area contributed by atoms with Crippen LogP contribution in [0.25, 0.3) is 125 Å². The van der Waals surface area contributed by atoms with Crippen LogP contribution in [-0.4, -0.2) is 13.7 Å². The standard InChI is InChI=1S/C58H35N3S/c1-3-14-41(15-4-1)59-49-21-8-7-18-43(49)46-32-37(24-28-50(46)59)38-25-29-51-47(33-38)48-34-39(26-30-52(48)60(51)42-16-5-2-6-17-42)40-27-31-53-56(35-40)62-55-23-11-20-45-44-19-9-12-36-13-10-22-54(57(36)44)61(53)58(45)55/h1-35H. The number of hydrogen-bond donors (Lipinski definition) is 0. The van der Waals surface area contributed by atoms with Gasteiger partial charge in [0.2, 0.25) is 0 Å². The van der Waals surface area contributed by atoms with Crippen LogP contribution in [0.4, 0.5) is 0 Å². The fourth-order valence-electron chi connectivity index (χ4n) is 10.5. The van der Waals surface area contributed by atoms with Crippen molar-refractivity contribution in [2.24, 2.45) is 0 Å². The molecule has 0 bridgehead atoms. The highest BCUT2D eigenvalue weighted by atomic mass is 32.1. The molecule has 0 N–H and O–H groups in total. The second-order valence-corrected chi connectivity index (χ2v) is 17.6. The van der Waals surface area contributed by atoms with E-state index >= 15 is 0 Å². The molecular weight excluding hydrogens is 771 g/mol. The van der Waals surface area contributed by atoms with E-state index in [4.69, 9.17) is 0 Å². The Kier molecular flexibility index (Phi) is 6.99. The molecule has 14 rings (SSSR count). The van der Waals surface area contributed by atoms with E-state index in [1.54, 1.807) is 0 Å². The minimum atomic E-state index is 1.16. The zero-order valence-electron chi connectivity index (χ0n) is 33.5. The van der Waals surface area contributed by atoms with E-state index in [0.29, 0.717) is 0 Å². The van der Waals surface area contributed by atoms with E-state index in [1.165, 1.54) is 119 Å². The first-order chi connectivity index (χ1) is 30.7. The van der Waals surface area contributed by atoms with Crippen LogP contribution < -0.4 is 0 Å². The summed E-state index contributed by atoms with van der Waals surface area (Å²) in [5, 5.41) is 10.2.